The average molecular weight is 387 g/mol. The van der Waals surface area contributed by atoms with Gasteiger partial charge in [-0.1, -0.05) is 29.8 Å². The molecule has 26 heavy (non-hydrogen) atoms. The Morgan fingerprint density at radius 1 is 1.27 bits per heavy atom. The molecule has 3 aromatic rings. The number of phenols is 1. The fraction of sp³-hybridized carbons (Fsp3) is 0.158. The highest BCUT2D eigenvalue weighted by molar-refractivity contribution is 7.07. The van der Waals surface area contributed by atoms with Crippen LogP contribution in [0.4, 0.5) is 5.69 Å². The van der Waals surface area contributed by atoms with Gasteiger partial charge in [0.25, 0.3) is 0 Å². The maximum atomic E-state index is 12.3. The minimum absolute atomic E-state index is 0.0555. The molecule has 0 bridgehead atoms. The molecule has 4 rings (SSSR count). The summed E-state index contributed by atoms with van der Waals surface area (Å²) in [5.74, 6) is 0.225. The number of halogens is 1. The summed E-state index contributed by atoms with van der Waals surface area (Å²) in [5, 5.41) is 13.7. The number of fused-ring (bicyclic) bond motifs is 1. The van der Waals surface area contributed by atoms with Crippen LogP contribution in [-0.2, 0) is 4.79 Å². The number of carbonyl (C=O) groups is 1. The second-order valence-corrected chi connectivity index (χ2v) is 7.25. The molecule has 1 aliphatic heterocycles. The molecule has 0 fully saturated rings. The zero-order valence-corrected chi connectivity index (χ0v) is 15.4. The number of anilines is 1. The van der Waals surface area contributed by atoms with Crippen molar-refractivity contribution in [1.82, 2.24) is 4.37 Å². The Kier molecular flexibility index (Phi) is 4.30. The molecule has 132 valence electrons. The van der Waals surface area contributed by atoms with Crippen LogP contribution in [0.1, 0.15) is 22.8 Å². The van der Waals surface area contributed by atoms with Crippen molar-refractivity contribution in [2.75, 3.05) is 12.4 Å². The van der Waals surface area contributed by atoms with Gasteiger partial charge in [-0.3, -0.25) is 4.79 Å². The Hall–Kier alpha value is -2.57. The minimum atomic E-state index is -0.158. The molecule has 1 amide bonds. The number of aromatic hydroxyl groups is 1. The zero-order chi connectivity index (χ0) is 18.3. The highest BCUT2D eigenvalue weighted by Gasteiger charge is 2.32. The number of methoxy groups -OCH3 is 1. The predicted molar refractivity (Wildman–Crippen MR) is 102 cm³/mol. The second kappa shape index (κ2) is 6.63. The van der Waals surface area contributed by atoms with Gasteiger partial charge in [-0.05, 0) is 41.4 Å². The Bertz CT molecular complexity index is 985. The highest BCUT2D eigenvalue weighted by Crippen LogP contribution is 2.45. The van der Waals surface area contributed by atoms with Crippen LogP contribution in [0.5, 0.6) is 11.5 Å². The first kappa shape index (κ1) is 16.9. The summed E-state index contributed by atoms with van der Waals surface area (Å²) in [6.07, 6.45) is 0.307. The summed E-state index contributed by atoms with van der Waals surface area (Å²) in [7, 11) is 1.50. The standard InChI is InChI=1S/C19H15ClN2O3S/c1-25-15-7-4-11(8-14(15)23)13-9-16(24)21-18-17(22-26-19(13)18)10-2-5-12(20)6-3-10/h2-8,13,23H,9H2,1H3,(H,21,24)/t13-/m1/s1. The number of carbonyl (C=O) groups excluding carboxylic acids is 1. The monoisotopic (exact) mass is 386 g/mol. The molecule has 0 unspecified atom stereocenters. The van der Waals surface area contributed by atoms with Gasteiger partial charge < -0.3 is 15.2 Å². The fourth-order valence-electron chi connectivity index (χ4n) is 3.13. The molecule has 0 aliphatic carbocycles. The van der Waals surface area contributed by atoms with Crippen LogP contribution in [0.25, 0.3) is 11.3 Å². The third-order valence-corrected chi connectivity index (χ3v) is 5.62. The molecule has 1 aliphatic rings. The van der Waals surface area contributed by atoms with Gasteiger partial charge in [-0.25, -0.2) is 0 Å². The van der Waals surface area contributed by atoms with Gasteiger partial charge in [0.2, 0.25) is 5.91 Å². The molecule has 2 N–H and O–H groups in total. The smallest absolute Gasteiger partial charge is 0.225 e. The number of benzene rings is 2. The number of ether oxygens (including phenoxy) is 1. The number of hydrogen-bond acceptors (Lipinski definition) is 5. The third-order valence-electron chi connectivity index (χ3n) is 4.41. The lowest BCUT2D eigenvalue weighted by Gasteiger charge is -2.23. The minimum Gasteiger partial charge on any atom is -0.504 e. The van der Waals surface area contributed by atoms with E-state index in [0.29, 0.717) is 17.2 Å². The molecule has 1 aromatic heterocycles. The molecule has 0 saturated carbocycles. The summed E-state index contributed by atoms with van der Waals surface area (Å²) in [6, 6.07) is 12.6. The van der Waals surface area contributed by atoms with E-state index < -0.39 is 0 Å². The van der Waals surface area contributed by atoms with Crippen LogP contribution in [0.15, 0.2) is 42.5 Å². The highest BCUT2D eigenvalue weighted by atomic mass is 35.5. The van der Waals surface area contributed by atoms with E-state index in [-0.39, 0.29) is 17.6 Å². The van der Waals surface area contributed by atoms with E-state index in [9.17, 15) is 9.90 Å². The van der Waals surface area contributed by atoms with Crippen molar-refractivity contribution in [2.24, 2.45) is 0 Å². The Morgan fingerprint density at radius 2 is 2.04 bits per heavy atom. The maximum Gasteiger partial charge on any atom is 0.225 e. The average Bonchev–Trinajstić information content (AvgIpc) is 3.05. The lowest BCUT2D eigenvalue weighted by molar-refractivity contribution is -0.116. The zero-order valence-electron chi connectivity index (χ0n) is 13.8. The first-order chi connectivity index (χ1) is 12.6. The molecule has 7 heteroatoms. The molecule has 2 heterocycles. The second-order valence-electron chi connectivity index (χ2n) is 6.01. The van der Waals surface area contributed by atoms with Gasteiger partial charge in [0.05, 0.1) is 17.7 Å². The predicted octanol–water partition coefficient (Wildman–Crippen LogP) is 4.65. The topological polar surface area (TPSA) is 71.5 Å². The number of hydrogen-bond donors (Lipinski definition) is 2. The van der Waals surface area contributed by atoms with Gasteiger partial charge >= 0.3 is 0 Å². The van der Waals surface area contributed by atoms with E-state index in [0.717, 1.165) is 27.4 Å². The van der Waals surface area contributed by atoms with Gasteiger partial charge in [-0.2, -0.15) is 4.37 Å². The summed E-state index contributed by atoms with van der Waals surface area (Å²) >= 11 is 7.32. The molecular formula is C19H15ClN2O3S. The number of amides is 1. The van der Waals surface area contributed by atoms with Gasteiger partial charge in [-0.15, -0.1) is 0 Å². The van der Waals surface area contributed by atoms with E-state index in [1.165, 1.54) is 18.6 Å². The molecule has 0 radical (unpaired) electrons. The first-order valence-corrected chi connectivity index (χ1v) is 9.14. The summed E-state index contributed by atoms with van der Waals surface area (Å²) in [4.78, 5) is 13.3. The van der Waals surface area contributed by atoms with E-state index in [1.54, 1.807) is 24.3 Å². The Balaban J connectivity index is 1.78. The number of rotatable bonds is 3. The largest absolute Gasteiger partial charge is 0.504 e. The Morgan fingerprint density at radius 3 is 2.73 bits per heavy atom. The van der Waals surface area contributed by atoms with E-state index in [4.69, 9.17) is 16.3 Å². The van der Waals surface area contributed by atoms with E-state index in [2.05, 4.69) is 9.69 Å². The maximum absolute atomic E-state index is 12.3. The molecule has 1 atom stereocenters. The third kappa shape index (κ3) is 2.91. The first-order valence-electron chi connectivity index (χ1n) is 7.99. The van der Waals surface area contributed by atoms with Crippen molar-refractivity contribution in [3.63, 3.8) is 0 Å². The van der Waals surface area contributed by atoms with Crippen LogP contribution < -0.4 is 10.1 Å². The van der Waals surface area contributed by atoms with E-state index in [1.807, 2.05) is 18.2 Å². The summed E-state index contributed by atoms with van der Waals surface area (Å²) in [6.45, 7) is 0. The quantitative estimate of drug-likeness (QED) is 0.687. The van der Waals surface area contributed by atoms with Crippen molar-refractivity contribution in [1.29, 1.82) is 0 Å². The van der Waals surface area contributed by atoms with Crippen molar-refractivity contribution in [2.45, 2.75) is 12.3 Å². The van der Waals surface area contributed by atoms with Crippen LogP contribution >= 0.6 is 23.1 Å². The lowest BCUT2D eigenvalue weighted by Crippen LogP contribution is -2.22. The Labute approximate surface area is 159 Å². The lowest BCUT2D eigenvalue weighted by atomic mass is 9.89. The van der Waals surface area contributed by atoms with E-state index >= 15 is 0 Å². The van der Waals surface area contributed by atoms with Gasteiger partial charge in [0, 0.05) is 22.9 Å². The molecule has 0 spiro atoms. The fourth-order valence-corrected chi connectivity index (χ4v) is 4.23. The number of phenolic OH excluding ortho intramolecular Hbond substituents is 1. The SMILES string of the molecule is COc1ccc([C@H]2CC(=O)Nc3c(-c4ccc(Cl)cc4)nsc32)cc1O. The van der Waals surface area contributed by atoms with Crippen molar-refractivity contribution in [3.8, 4) is 22.8 Å². The number of nitrogens with zero attached hydrogens (tertiary/aromatic N) is 1. The van der Waals surface area contributed by atoms with Crippen molar-refractivity contribution >= 4 is 34.7 Å². The molecule has 5 nitrogen and oxygen atoms in total. The van der Waals surface area contributed by atoms with Gasteiger partial charge in [0.1, 0.15) is 5.69 Å². The summed E-state index contributed by atoms with van der Waals surface area (Å²) < 4.78 is 9.66. The van der Waals surface area contributed by atoms with Crippen LogP contribution in [0.3, 0.4) is 0 Å². The van der Waals surface area contributed by atoms with Crippen LogP contribution in [0, 0.1) is 0 Å². The van der Waals surface area contributed by atoms with Crippen molar-refractivity contribution in [3.05, 3.63) is 57.9 Å². The molecular weight excluding hydrogens is 372 g/mol. The molecule has 2 aromatic carbocycles. The number of nitrogens with one attached hydrogen (secondary N) is 1. The van der Waals surface area contributed by atoms with Crippen molar-refractivity contribution < 1.29 is 14.6 Å². The number of aromatic nitrogens is 1. The molecule has 0 saturated heterocycles. The van der Waals surface area contributed by atoms with Gasteiger partial charge in [0.15, 0.2) is 11.5 Å². The normalized spacial score (nSPS) is 16.1. The summed E-state index contributed by atoms with van der Waals surface area (Å²) in [5.41, 5.74) is 3.21. The van der Waals surface area contributed by atoms with Crippen LogP contribution in [-0.4, -0.2) is 22.5 Å². The van der Waals surface area contributed by atoms with Crippen LogP contribution in [0.2, 0.25) is 5.02 Å².